The summed E-state index contributed by atoms with van der Waals surface area (Å²) in [5.41, 5.74) is 0. The second-order valence-corrected chi connectivity index (χ2v) is 6.36. The number of anilines is 1. The van der Waals surface area contributed by atoms with Crippen LogP contribution in [0.2, 0.25) is 0 Å². The van der Waals surface area contributed by atoms with Crippen LogP contribution in [-0.4, -0.2) is 41.3 Å². The highest BCUT2D eigenvalue weighted by molar-refractivity contribution is 7.15. The molecule has 0 atom stereocenters. The van der Waals surface area contributed by atoms with Crippen LogP contribution in [0.4, 0.5) is 5.13 Å². The van der Waals surface area contributed by atoms with Gasteiger partial charge in [-0.1, -0.05) is 30.6 Å². The van der Waals surface area contributed by atoms with Crippen LogP contribution >= 0.6 is 11.3 Å². The van der Waals surface area contributed by atoms with E-state index in [1.807, 2.05) is 6.92 Å². The average molecular weight is 268 g/mol. The molecule has 1 aromatic heterocycles. The highest BCUT2D eigenvalue weighted by atomic mass is 32.1. The van der Waals surface area contributed by atoms with Gasteiger partial charge in [-0.15, -0.1) is 10.2 Å². The molecule has 0 unspecified atom stereocenters. The minimum absolute atomic E-state index is 0.822. The molecule has 1 heterocycles. The number of aromatic nitrogens is 2. The first-order chi connectivity index (χ1) is 8.75. The summed E-state index contributed by atoms with van der Waals surface area (Å²) in [7, 11) is 2.27. The van der Waals surface area contributed by atoms with Gasteiger partial charge in [-0.2, -0.15) is 0 Å². The lowest BCUT2D eigenvalue weighted by molar-refractivity contribution is 0.191. The fourth-order valence-corrected chi connectivity index (χ4v) is 3.21. The van der Waals surface area contributed by atoms with Crippen molar-refractivity contribution >= 4 is 16.5 Å². The SMILES string of the molecule is Cc1nnc(NCCCN(C)C2CCCCC2)s1. The van der Waals surface area contributed by atoms with Gasteiger partial charge in [0.2, 0.25) is 5.13 Å². The molecule has 0 radical (unpaired) electrons. The molecule has 4 nitrogen and oxygen atoms in total. The molecule has 0 spiro atoms. The number of nitrogens with one attached hydrogen (secondary N) is 1. The van der Waals surface area contributed by atoms with Gasteiger partial charge in [0.25, 0.3) is 0 Å². The predicted molar refractivity (Wildman–Crippen MR) is 77.3 cm³/mol. The lowest BCUT2D eigenvalue weighted by Crippen LogP contribution is -2.34. The van der Waals surface area contributed by atoms with Crippen molar-refractivity contribution in [1.82, 2.24) is 15.1 Å². The smallest absolute Gasteiger partial charge is 0.205 e. The lowest BCUT2D eigenvalue weighted by atomic mass is 9.94. The first kappa shape index (κ1) is 13.7. The molecule has 1 aliphatic carbocycles. The van der Waals surface area contributed by atoms with Crippen LogP contribution in [0.25, 0.3) is 0 Å². The van der Waals surface area contributed by atoms with Crippen LogP contribution in [-0.2, 0) is 0 Å². The Bertz CT molecular complexity index is 347. The van der Waals surface area contributed by atoms with Gasteiger partial charge in [0.15, 0.2) is 0 Å². The average Bonchev–Trinajstić information content (AvgIpc) is 2.81. The highest BCUT2D eigenvalue weighted by Crippen LogP contribution is 2.21. The quantitative estimate of drug-likeness (QED) is 0.805. The maximum absolute atomic E-state index is 4.07. The Kier molecular flexibility index (Phi) is 5.38. The summed E-state index contributed by atoms with van der Waals surface area (Å²) in [6.45, 7) is 4.15. The summed E-state index contributed by atoms with van der Waals surface area (Å²) in [6.07, 6.45) is 8.21. The third-order valence-corrected chi connectivity index (χ3v) is 4.48. The Hall–Kier alpha value is -0.680. The third-order valence-electron chi connectivity index (χ3n) is 3.69. The maximum Gasteiger partial charge on any atom is 0.205 e. The minimum Gasteiger partial charge on any atom is -0.360 e. The van der Waals surface area contributed by atoms with Gasteiger partial charge in [-0.25, -0.2) is 0 Å². The van der Waals surface area contributed by atoms with Crippen molar-refractivity contribution in [2.45, 2.75) is 51.5 Å². The minimum atomic E-state index is 0.822. The van der Waals surface area contributed by atoms with Gasteiger partial charge in [-0.3, -0.25) is 0 Å². The van der Waals surface area contributed by atoms with E-state index in [-0.39, 0.29) is 0 Å². The van der Waals surface area contributed by atoms with E-state index in [0.717, 1.165) is 22.7 Å². The Morgan fingerprint density at radius 3 is 2.72 bits per heavy atom. The molecule has 0 aromatic carbocycles. The van der Waals surface area contributed by atoms with Crippen molar-refractivity contribution in [3.63, 3.8) is 0 Å². The molecular weight excluding hydrogens is 244 g/mol. The van der Waals surface area contributed by atoms with E-state index in [9.17, 15) is 0 Å². The van der Waals surface area contributed by atoms with Crippen molar-refractivity contribution in [3.05, 3.63) is 5.01 Å². The van der Waals surface area contributed by atoms with E-state index in [4.69, 9.17) is 0 Å². The summed E-state index contributed by atoms with van der Waals surface area (Å²) >= 11 is 1.63. The van der Waals surface area contributed by atoms with Gasteiger partial charge >= 0.3 is 0 Å². The number of aryl methyl sites for hydroxylation is 1. The van der Waals surface area contributed by atoms with Crippen LogP contribution < -0.4 is 5.32 Å². The second-order valence-electron chi connectivity index (χ2n) is 5.18. The Morgan fingerprint density at radius 1 is 1.28 bits per heavy atom. The van der Waals surface area contributed by atoms with E-state index in [1.165, 1.54) is 45.1 Å². The molecule has 18 heavy (non-hydrogen) atoms. The fraction of sp³-hybridized carbons (Fsp3) is 0.846. The van der Waals surface area contributed by atoms with Crippen LogP contribution in [0, 0.1) is 6.92 Å². The van der Waals surface area contributed by atoms with Crippen molar-refractivity contribution in [1.29, 1.82) is 0 Å². The number of hydrogen-bond donors (Lipinski definition) is 1. The zero-order valence-electron chi connectivity index (χ0n) is 11.5. The summed E-state index contributed by atoms with van der Waals surface area (Å²) in [5, 5.41) is 13.4. The molecule has 0 saturated heterocycles. The Balaban J connectivity index is 1.59. The van der Waals surface area contributed by atoms with Crippen LogP contribution in [0.1, 0.15) is 43.5 Å². The molecule has 0 amide bonds. The van der Waals surface area contributed by atoms with Crippen LogP contribution in [0.3, 0.4) is 0 Å². The van der Waals surface area contributed by atoms with Crippen LogP contribution in [0.15, 0.2) is 0 Å². The summed E-state index contributed by atoms with van der Waals surface area (Å²) in [4.78, 5) is 2.53. The van der Waals surface area contributed by atoms with Gasteiger partial charge in [0.05, 0.1) is 0 Å². The molecule has 1 fully saturated rings. The van der Waals surface area contributed by atoms with Crippen molar-refractivity contribution in [3.8, 4) is 0 Å². The molecule has 1 aliphatic rings. The molecule has 1 saturated carbocycles. The molecular formula is C13H24N4S. The molecule has 102 valence electrons. The molecule has 2 rings (SSSR count). The van der Waals surface area contributed by atoms with Crippen molar-refractivity contribution in [2.24, 2.45) is 0 Å². The second kappa shape index (κ2) is 7.04. The van der Waals surface area contributed by atoms with Gasteiger partial charge < -0.3 is 10.2 Å². The number of rotatable bonds is 6. The van der Waals surface area contributed by atoms with E-state index >= 15 is 0 Å². The first-order valence-electron chi connectivity index (χ1n) is 7.00. The molecule has 0 aliphatic heterocycles. The van der Waals surface area contributed by atoms with Gasteiger partial charge in [0.1, 0.15) is 5.01 Å². The monoisotopic (exact) mass is 268 g/mol. The highest BCUT2D eigenvalue weighted by Gasteiger charge is 2.17. The molecule has 1 aromatic rings. The standard InChI is InChI=1S/C13H24N4S/c1-11-15-16-13(18-11)14-9-6-10-17(2)12-7-4-3-5-8-12/h12H,3-10H2,1-2H3,(H,14,16). The molecule has 0 bridgehead atoms. The molecule has 5 heteroatoms. The Labute approximate surface area is 114 Å². The van der Waals surface area contributed by atoms with E-state index in [1.54, 1.807) is 11.3 Å². The van der Waals surface area contributed by atoms with Gasteiger partial charge in [-0.05, 0) is 39.8 Å². The van der Waals surface area contributed by atoms with E-state index < -0.39 is 0 Å². The third kappa shape index (κ3) is 4.21. The Morgan fingerprint density at radius 2 is 2.06 bits per heavy atom. The van der Waals surface area contributed by atoms with E-state index in [2.05, 4.69) is 27.5 Å². The number of hydrogen-bond acceptors (Lipinski definition) is 5. The lowest BCUT2D eigenvalue weighted by Gasteiger charge is -2.31. The first-order valence-corrected chi connectivity index (χ1v) is 7.81. The fourth-order valence-electron chi connectivity index (χ4n) is 2.60. The summed E-state index contributed by atoms with van der Waals surface area (Å²) in [5.74, 6) is 0. The zero-order chi connectivity index (χ0) is 12.8. The predicted octanol–water partition coefficient (Wildman–Crippen LogP) is 2.91. The number of nitrogens with zero attached hydrogens (tertiary/aromatic N) is 3. The van der Waals surface area contributed by atoms with Crippen molar-refractivity contribution < 1.29 is 0 Å². The topological polar surface area (TPSA) is 41.1 Å². The maximum atomic E-state index is 4.07. The zero-order valence-corrected chi connectivity index (χ0v) is 12.3. The van der Waals surface area contributed by atoms with Crippen molar-refractivity contribution in [2.75, 3.05) is 25.5 Å². The summed E-state index contributed by atoms with van der Waals surface area (Å²) < 4.78 is 0. The normalized spacial score (nSPS) is 17.3. The largest absolute Gasteiger partial charge is 0.360 e. The molecule has 1 N–H and O–H groups in total. The van der Waals surface area contributed by atoms with Gasteiger partial charge in [0, 0.05) is 12.6 Å². The summed E-state index contributed by atoms with van der Waals surface area (Å²) in [6, 6.07) is 0.822. The van der Waals surface area contributed by atoms with Crippen LogP contribution in [0.5, 0.6) is 0 Å². The van der Waals surface area contributed by atoms with E-state index in [0.29, 0.717) is 0 Å².